The quantitative estimate of drug-likeness (QED) is 0.756. The lowest BCUT2D eigenvalue weighted by Crippen LogP contribution is -2.21. The fourth-order valence-corrected chi connectivity index (χ4v) is 2.37. The second-order valence-corrected chi connectivity index (χ2v) is 4.68. The molecule has 16 heavy (non-hydrogen) atoms. The third-order valence-corrected chi connectivity index (χ3v) is 3.48. The van der Waals surface area contributed by atoms with Crippen molar-refractivity contribution in [3.05, 3.63) is 18.1 Å². The number of aromatic nitrogens is 2. The topological polar surface area (TPSA) is 29.0 Å². The highest BCUT2D eigenvalue weighted by atomic mass is 35.5. The van der Waals surface area contributed by atoms with Crippen molar-refractivity contribution in [3.8, 4) is 0 Å². The van der Waals surface area contributed by atoms with E-state index in [1.807, 2.05) is 0 Å². The van der Waals surface area contributed by atoms with E-state index in [9.17, 15) is 0 Å². The van der Waals surface area contributed by atoms with Gasteiger partial charge in [0.2, 0.25) is 0 Å². The second-order valence-electron chi connectivity index (χ2n) is 4.37. The third kappa shape index (κ3) is 2.64. The summed E-state index contributed by atoms with van der Waals surface area (Å²) in [6.07, 6.45) is 5.01. The molecule has 1 aliphatic rings. The van der Waals surface area contributed by atoms with Crippen molar-refractivity contribution in [1.82, 2.24) is 9.97 Å². The molecule has 4 heteroatoms. The van der Waals surface area contributed by atoms with Crippen molar-refractivity contribution in [2.45, 2.75) is 26.2 Å². The zero-order valence-corrected chi connectivity index (χ0v) is 10.5. The number of hydrogen-bond donors (Lipinski definition) is 0. The van der Waals surface area contributed by atoms with Gasteiger partial charge in [0.1, 0.15) is 12.1 Å². The van der Waals surface area contributed by atoms with Crippen LogP contribution in [0.1, 0.15) is 25.5 Å². The third-order valence-electron chi connectivity index (χ3n) is 3.04. The van der Waals surface area contributed by atoms with Gasteiger partial charge in [-0.15, -0.1) is 11.6 Å². The Labute approximate surface area is 102 Å². The normalized spacial score (nSPS) is 20.4. The SMILES string of the molecule is CCCc1cc(N2CCC(CCl)C2)ncn1. The Balaban J connectivity index is 2.06. The maximum Gasteiger partial charge on any atom is 0.132 e. The van der Waals surface area contributed by atoms with Gasteiger partial charge < -0.3 is 4.90 Å². The standard InChI is InChI=1S/C12H18ClN3/c1-2-3-11-6-12(15-9-14-11)16-5-4-10(7-13)8-16/h6,9-10H,2-5,7-8H2,1H3. The van der Waals surface area contributed by atoms with Gasteiger partial charge in [-0.3, -0.25) is 0 Å². The summed E-state index contributed by atoms with van der Waals surface area (Å²) in [6.45, 7) is 4.27. The van der Waals surface area contributed by atoms with E-state index in [0.717, 1.165) is 43.3 Å². The second kappa shape index (κ2) is 5.48. The van der Waals surface area contributed by atoms with Crippen molar-refractivity contribution < 1.29 is 0 Å². The molecule has 1 unspecified atom stereocenters. The molecule has 3 nitrogen and oxygen atoms in total. The summed E-state index contributed by atoms with van der Waals surface area (Å²) in [6, 6.07) is 2.11. The summed E-state index contributed by atoms with van der Waals surface area (Å²) in [4.78, 5) is 10.9. The molecule has 1 fully saturated rings. The zero-order chi connectivity index (χ0) is 11.4. The summed E-state index contributed by atoms with van der Waals surface area (Å²) in [5, 5.41) is 0. The van der Waals surface area contributed by atoms with Crippen LogP contribution in [0.4, 0.5) is 5.82 Å². The number of alkyl halides is 1. The van der Waals surface area contributed by atoms with E-state index in [2.05, 4.69) is 27.9 Å². The predicted octanol–water partition coefficient (Wildman–Crippen LogP) is 2.49. The van der Waals surface area contributed by atoms with Gasteiger partial charge in [-0.1, -0.05) is 13.3 Å². The van der Waals surface area contributed by atoms with Crippen molar-refractivity contribution in [2.24, 2.45) is 5.92 Å². The Hall–Kier alpha value is -0.830. The van der Waals surface area contributed by atoms with Gasteiger partial charge in [-0.05, 0) is 18.8 Å². The van der Waals surface area contributed by atoms with E-state index in [0.29, 0.717) is 5.92 Å². The van der Waals surface area contributed by atoms with E-state index in [1.54, 1.807) is 6.33 Å². The Bertz CT molecular complexity index is 343. The minimum atomic E-state index is 0.617. The zero-order valence-electron chi connectivity index (χ0n) is 9.69. The summed E-state index contributed by atoms with van der Waals surface area (Å²) in [7, 11) is 0. The molecule has 2 heterocycles. The highest BCUT2D eigenvalue weighted by Crippen LogP contribution is 2.23. The highest BCUT2D eigenvalue weighted by molar-refractivity contribution is 6.18. The molecule has 1 aromatic heterocycles. The molecule has 1 saturated heterocycles. The first-order valence-corrected chi connectivity index (χ1v) is 6.48. The van der Waals surface area contributed by atoms with Gasteiger partial charge in [0.25, 0.3) is 0 Å². The first-order valence-electron chi connectivity index (χ1n) is 5.95. The van der Waals surface area contributed by atoms with Gasteiger partial charge >= 0.3 is 0 Å². The molecule has 0 radical (unpaired) electrons. The Morgan fingerprint density at radius 3 is 3.06 bits per heavy atom. The van der Waals surface area contributed by atoms with E-state index in [4.69, 9.17) is 11.6 Å². The molecule has 0 aromatic carbocycles. The average molecular weight is 240 g/mol. The molecule has 1 aromatic rings. The summed E-state index contributed by atoms with van der Waals surface area (Å²) < 4.78 is 0. The number of nitrogens with zero attached hydrogens (tertiary/aromatic N) is 3. The van der Waals surface area contributed by atoms with Crippen molar-refractivity contribution in [2.75, 3.05) is 23.9 Å². The van der Waals surface area contributed by atoms with E-state index >= 15 is 0 Å². The van der Waals surface area contributed by atoms with Gasteiger partial charge in [0, 0.05) is 30.7 Å². The number of aryl methyl sites for hydroxylation is 1. The molecular weight excluding hydrogens is 222 g/mol. The van der Waals surface area contributed by atoms with Gasteiger partial charge in [-0.25, -0.2) is 9.97 Å². The molecule has 0 bridgehead atoms. The predicted molar refractivity (Wildman–Crippen MR) is 67.1 cm³/mol. The van der Waals surface area contributed by atoms with Crippen molar-refractivity contribution in [3.63, 3.8) is 0 Å². The maximum atomic E-state index is 5.88. The van der Waals surface area contributed by atoms with Gasteiger partial charge in [-0.2, -0.15) is 0 Å². The van der Waals surface area contributed by atoms with Crippen LogP contribution in [0, 0.1) is 5.92 Å². The number of rotatable bonds is 4. The van der Waals surface area contributed by atoms with Crippen LogP contribution in [0.5, 0.6) is 0 Å². The van der Waals surface area contributed by atoms with Crippen LogP contribution in [0.15, 0.2) is 12.4 Å². The smallest absolute Gasteiger partial charge is 0.132 e. The molecule has 0 saturated carbocycles. The van der Waals surface area contributed by atoms with E-state index in [-0.39, 0.29) is 0 Å². The molecule has 1 atom stereocenters. The Morgan fingerprint density at radius 1 is 1.50 bits per heavy atom. The molecule has 88 valence electrons. The number of anilines is 1. The number of halogens is 1. The highest BCUT2D eigenvalue weighted by Gasteiger charge is 2.22. The summed E-state index contributed by atoms with van der Waals surface area (Å²) in [5.41, 5.74) is 1.14. The average Bonchev–Trinajstić information content (AvgIpc) is 2.78. The van der Waals surface area contributed by atoms with Crippen LogP contribution in [-0.2, 0) is 6.42 Å². The first kappa shape index (κ1) is 11.6. The van der Waals surface area contributed by atoms with E-state index < -0.39 is 0 Å². The Kier molecular flexibility index (Phi) is 3.99. The molecule has 2 rings (SSSR count). The van der Waals surface area contributed by atoms with Crippen LogP contribution in [0.2, 0.25) is 0 Å². The summed E-state index contributed by atoms with van der Waals surface area (Å²) in [5.74, 6) is 2.43. The lowest BCUT2D eigenvalue weighted by molar-refractivity contribution is 0.666. The largest absolute Gasteiger partial charge is 0.356 e. The fourth-order valence-electron chi connectivity index (χ4n) is 2.12. The summed E-state index contributed by atoms with van der Waals surface area (Å²) >= 11 is 5.88. The van der Waals surface area contributed by atoms with Crippen LogP contribution < -0.4 is 4.90 Å². The van der Waals surface area contributed by atoms with Crippen LogP contribution in [0.25, 0.3) is 0 Å². The molecule has 0 N–H and O–H groups in total. The van der Waals surface area contributed by atoms with Gasteiger partial charge in [0.15, 0.2) is 0 Å². The van der Waals surface area contributed by atoms with Crippen LogP contribution in [-0.4, -0.2) is 28.9 Å². The van der Waals surface area contributed by atoms with Crippen LogP contribution in [0.3, 0.4) is 0 Å². The van der Waals surface area contributed by atoms with Crippen LogP contribution >= 0.6 is 11.6 Å². The minimum Gasteiger partial charge on any atom is -0.356 e. The molecule has 0 spiro atoms. The first-order chi connectivity index (χ1) is 7.83. The van der Waals surface area contributed by atoms with Crippen molar-refractivity contribution >= 4 is 17.4 Å². The lowest BCUT2D eigenvalue weighted by atomic mass is 10.2. The molecule has 1 aliphatic heterocycles. The lowest BCUT2D eigenvalue weighted by Gasteiger charge is -2.17. The Morgan fingerprint density at radius 2 is 2.38 bits per heavy atom. The maximum absolute atomic E-state index is 5.88. The molecule has 0 aliphatic carbocycles. The fraction of sp³-hybridized carbons (Fsp3) is 0.667. The monoisotopic (exact) mass is 239 g/mol. The number of hydrogen-bond acceptors (Lipinski definition) is 3. The molecule has 0 amide bonds. The van der Waals surface area contributed by atoms with E-state index in [1.165, 1.54) is 6.42 Å². The van der Waals surface area contributed by atoms with Gasteiger partial charge in [0.05, 0.1) is 0 Å². The van der Waals surface area contributed by atoms with Crippen molar-refractivity contribution in [1.29, 1.82) is 0 Å². The molecular formula is C12H18ClN3. The minimum absolute atomic E-state index is 0.617.